The SMILES string of the molecule is Cc1occc1C(=O)N1CCNC(=O)C[C@H]1c1ccccc1. The molecule has 22 heavy (non-hydrogen) atoms. The molecule has 0 unspecified atom stereocenters. The Bertz CT molecular complexity index is 678. The van der Waals surface area contributed by atoms with Crippen molar-refractivity contribution in [2.75, 3.05) is 13.1 Å². The molecule has 0 saturated carbocycles. The fraction of sp³-hybridized carbons (Fsp3) is 0.294. The van der Waals surface area contributed by atoms with Gasteiger partial charge in [-0.1, -0.05) is 30.3 Å². The van der Waals surface area contributed by atoms with E-state index >= 15 is 0 Å². The number of carbonyl (C=O) groups is 2. The summed E-state index contributed by atoms with van der Waals surface area (Å²) in [4.78, 5) is 26.5. The lowest BCUT2D eigenvalue weighted by atomic mass is 10.0. The number of amides is 2. The molecule has 5 heteroatoms. The lowest BCUT2D eigenvalue weighted by molar-refractivity contribution is -0.121. The first-order valence-corrected chi connectivity index (χ1v) is 7.33. The minimum Gasteiger partial charge on any atom is -0.469 e. The topological polar surface area (TPSA) is 62.6 Å². The molecule has 2 aromatic rings. The number of hydrogen-bond acceptors (Lipinski definition) is 3. The predicted molar refractivity (Wildman–Crippen MR) is 81.3 cm³/mol. The molecule has 1 N–H and O–H groups in total. The fourth-order valence-corrected chi connectivity index (χ4v) is 2.81. The van der Waals surface area contributed by atoms with Crippen LogP contribution in [0.15, 0.2) is 47.1 Å². The first-order valence-electron chi connectivity index (χ1n) is 7.33. The van der Waals surface area contributed by atoms with Crippen LogP contribution in [-0.4, -0.2) is 29.8 Å². The molecule has 0 radical (unpaired) electrons. The molecule has 5 nitrogen and oxygen atoms in total. The second kappa shape index (κ2) is 6.05. The van der Waals surface area contributed by atoms with Crippen molar-refractivity contribution in [1.29, 1.82) is 0 Å². The van der Waals surface area contributed by atoms with E-state index in [0.29, 0.717) is 24.4 Å². The summed E-state index contributed by atoms with van der Waals surface area (Å²) < 4.78 is 5.24. The molecule has 114 valence electrons. The van der Waals surface area contributed by atoms with Crippen LogP contribution in [0, 0.1) is 6.92 Å². The molecule has 0 bridgehead atoms. The lowest BCUT2D eigenvalue weighted by Gasteiger charge is -2.29. The van der Waals surface area contributed by atoms with Crippen molar-refractivity contribution in [3.8, 4) is 0 Å². The largest absolute Gasteiger partial charge is 0.469 e. The Labute approximate surface area is 128 Å². The summed E-state index contributed by atoms with van der Waals surface area (Å²) in [6, 6.07) is 11.1. The third kappa shape index (κ3) is 2.74. The average Bonchev–Trinajstić information content (AvgIpc) is 2.86. The van der Waals surface area contributed by atoms with Gasteiger partial charge in [0.05, 0.1) is 24.3 Å². The quantitative estimate of drug-likeness (QED) is 0.925. The second-order valence-corrected chi connectivity index (χ2v) is 5.37. The summed E-state index contributed by atoms with van der Waals surface area (Å²) in [6.45, 7) is 2.71. The first-order chi connectivity index (χ1) is 10.7. The van der Waals surface area contributed by atoms with E-state index in [1.165, 1.54) is 6.26 Å². The van der Waals surface area contributed by atoms with E-state index in [4.69, 9.17) is 4.42 Å². The van der Waals surface area contributed by atoms with Crippen LogP contribution < -0.4 is 5.32 Å². The molecule has 1 aromatic carbocycles. The van der Waals surface area contributed by atoms with Gasteiger partial charge in [0.1, 0.15) is 5.76 Å². The minimum absolute atomic E-state index is 0.0342. The van der Waals surface area contributed by atoms with Crippen molar-refractivity contribution in [1.82, 2.24) is 10.2 Å². The summed E-state index contributed by atoms with van der Waals surface area (Å²) in [6.07, 6.45) is 1.79. The Morgan fingerprint density at radius 3 is 2.73 bits per heavy atom. The number of nitrogens with one attached hydrogen (secondary N) is 1. The zero-order chi connectivity index (χ0) is 15.5. The smallest absolute Gasteiger partial charge is 0.257 e. The molecular formula is C17H18N2O3. The van der Waals surface area contributed by atoms with E-state index in [1.54, 1.807) is 17.9 Å². The number of rotatable bonds is 2. The molecule has 1 atom stereocenters. The molecule has 0 spiro atoms. The van der Waals surface area contributed by atoms with Crippen LogP contribution in [0.2, 0.25) is 0 Å². The van der Waals surface area contributed by atoms with Gasteiger partial charge >= 0.3 is 0 Å². The summed E-state index contributed by atoms with van der Waals surface area (Å²) in [5.74, 6) is 0.463. The molecule has 1 aliphatic rings. The maximum atomic E-state index is 12.9. The molecule has 1 saturated heterocycles. The van der Waals surface area contributed by atoms with Crippen LogP contribution in [0.5, 0.6) is 0 Å². The zero-order valence-electron chi connectivity index (χ0n) is 12.4. The summed E-state index contributed by atoms with van der Waals surface area (Å²) in [7, 11) is 0. The van der Waals surface area contributed by atoms with Crippen molar-refractivity contribution in [3.63, 3.8) is 0 Å². The standard InChI is InChI=1S/C17H18N2O3/c1-12-14(7-10-22-12)17(21)19-9-8-18-16(20)11-15(19)13-5-3-2-4-6-13/h2-7,10,15H,8-9,11H2,1H3,(H,18,20)/t15-/m0/s1. The Balaban J connectivity index is 1.96. The second-order valence-electron chi connectivity index (χ2n) is 5.37. The minimum atomic E-state index is -0.259. The fourth-order valence-electron chi connectivity index (χ4n) is 2.81. The van der Waals surface area contributed by atoms with E-state index in [1.807, 2.05) is 30.3 Å². The van der Waals surface area contributed by atoms with Crippen molar-refractivity contribution < 1.29 is 14.0 Å². The number of furan rings is 1. The summed E-state index contributed by atoms with van der Waals surface area (Å²) >= 11 is 0. The maximum absolute atomic E-state index is 12.9. The van der Waals surface area contributed by atoms with Gasteiger partial charge < -0.3 is 14.6 Å². The molecule has 1 aromatic heterocycles. The van der Waals surface area contributed by atoms with Crippen LogP contribution in [0.3, 0.4) is 0 Å². The average molecular weight is 298 g/mol. The van der Waals surface area contributed by atoms with Crippen LogP contribution in [0.4, 0.5) is 0 Å². The van der Waals surface area contributed by atoms with Crippen LogP contribution >= 0.6 is 0 Å². The summed E-state index contributed by atoms with van der Waals surface area (Å²) in [5, 5.41) is 2.83. The van der Waals surface area contributed by atoms with E-state index in [-0.39, 0.29) is 24.3 Å². The molecule has 1 aliphatic heterocycles. The highest BCUT2D eigenvalue weighted by atomic mass is 16.3. The Morgan fingerprint density at radius 2 is 2.05 bits per heavy atom. The number of benzene rings is 1. The zero-order valence-corrected chi connectivity index (χ0v) is 12.4. The molecule has 2 heterocycles. The van der Waals surface area contributed by atoms with Gasteiger partial charge in [0, 0.05) is 13.1 Å². The first kappa shape index (κ1) is 14.4. The van der Waals surface area contributed by atoms with Crippen LogP contribution in [0.25, 0.3) is 0 Å². The van der Waals surface area contributed by atoms with Crippen molar-refractivity contribution >= 4 is 11.8 Å². The van der Waals surface area contributed by atoms with Crippen molar-refractivity contribution in [2.24, 2.45) is 0 Å². The number of carbonyl (C=O) groups excluding carboxylic acids is 2. The highest BCUT2D eigenvalue weighted by Gasteiger charge is 2.31. The monoisotopic (exact) mass is 298 g/mol. The normalized spacial score (nSPS) is 18.7. The molecule has 2 amide bonds. The van der Waals surface area contributed by atoms with Crippen LogP contribution in [-0.2, 0) is 4.79 Å². The number of hydrogen-bond donors (Lipinski definition) is 1. The Morgan fingerprint density at radius 1 is 1.27 bits per heavy atom. The van der Waals surface area contributed by atoms with Crippen LogP contribution in [0.1, 0.15) is 34.1 Å². The van der Waals surface area contributed by atoms with E-state index in [0.717, 1.165) is 5.56 Å². The molecular weight excluding hydrogens is 280 g/mol. The highest BCUT2D eigenvalue weighted by molar-refractivity contribution is 5.96. The lowest BCUT2D eigenvalue weighted by Crippen LogP contribution is -2.36. The van der Waals surface area contributed by atoms with Gasteiger partial charge in [-0.15, -0.1) is 0 Å². The van der Waals surface area contributed by atoms with Crippen molar-refractivity contribution in [3.05, 3.63) is 59.5 Å². The third-order valence-corrected chi connectivity index (χ3v) is 3.96. The van der Waals surface area contributed by atoms with Gasteiger partial charge in [-0.3, -0.25) is 9.59 Å². The Kier molecular flexibility index (Phi) is 3.96. The number of nitrogens with zero attached hydrogens (tertiary/aromatic N) is 1. The van der Waals surface area contributed by atoms with E-state index in [9.17, 15) is 9.59 Å². The van der Waals surface area contributed by atoms with E-state index < -0.39 is 0 Å². The van der Waals surface area contributed by atoms with Gasteiger partial charge in [0.2, 0.25) is 5.91 Å². The predicted octanol–water partition coefficient (Wildman–Crippen LogP) is 2.29. The molecule has 3 rings (SSSR count). The summed E-state index contributed by atoms with van der Waals surface area (Å²) in [5.41, 5.74) is 1.52. The van der Waals surface area contributed by atoms with Crippen molar-refractivity contribution in [2.45, 2.75) is 19.4 Å². The molecule has 0 aliphatic carbocycles. The van der Waals surface area contributed by atoms with Gasteiger partial charge in [-0.25, -0.2) is 0 Å². The third-order valence-electron chi connectivity index (χ3n) is 3.96. The maximum Gasteiger partial charge on any atom is 0.257 e. The number of aryl methyl sites for hydroxylation is 1. The van der Waals surface area contributed by atoms with E-state index in [2.05, 4.69) is 5.32 Å². The Hall–Kier alpha value is -2.56. The van der Waals surface area contributed by atoms with Gasteiger partial charge in [0.25, 0.3) is 5.91 Å². The molecule has 1 fully saturated rings. The van der Waals surface area contributed by atoms with Gasteiger partial charge in [-0.2, -0.15) is 0 Å². The van der Waals surface area contributed by atoms with Gasteiger partial charge in [-0.05, 0) is 18.6 Å². The van der Waals surface area contributed by atoms with Gasteiger partial charge in [0.15, 0.2) is 0 Å². The highest BCUT2D eigenvalue weighted by Crippen LogP contribution is 2.28.